The Morgan fingerprint density at radius 3 is 2.45 bits per heavy atom. The number of methoxy groups -OCH3 is 1. The van der Waals surface area contributed by atoms with Gasteiger partial charge in [0.15, 0.2) is 0 Å². The van der Waals surface area contributed by atoms with E-state index in [4.69, 9.17) is 16.0 Å². The van der Waals surface area contributed by atoms with Gasteiger partial charge in [0.1, 0.15) is 17.1 Å². The predicted octanol–water partition coefficient (Wildman–Crippen LogP) is 4.36. The van der Waals surface area contributed by atoms with Crippen molar-refractivity contribution < 1.29 is 28.3 Å². The van der Waals surface area contributed by atoms with Crippen LogP contribution in [0.4, 0.5) is 10.5 Å². The number of hydrogen-bond donors (Lipinski definition) is 1. The molecular weight excluding hydrogens is 448 g/mol. The molecule has 4 amide bonds. The van der Waals surface area contributed by atoms with Gasteiger partial charge in [-0.25, -0.2) is 14.5 Å². The number of hydrogen-bond acceptors (Lipinski definition) is 6. The molecule has 33 heavy (non-hydrogen) atoms. The number of barbiturate groups is 1. The minimum absolute atomic E-state index is 0.233. The Kier molecular flexibility index (Phi) is 5.85. The third-order valence-electron chi connectivity index (χ3n) is 5.02. The Hall–Kier alpha value is -4.17. The fourth-order valence-electron chi connectivity index (χ4n) is 3.23. The number of amides is 4. The molecular formula is C24H17ClN2O6. The van der Waals surface area contributed by atoms with Gasteiger partial charge in [-0.1, -0.05) is 29.8 Å². The lowest BCUT2D eigenvalue weighted by Gasteiger charge is -2.26. The van der Waals surface area contributed by atoms with Crippen LogP contribution in [0.2, 0.25) is 5.02 Å². The van der Waals surface area contributed by atoms with E-state index in [9.17, 15) is 19.2 Å². The highest BCUT2D eigenvalue weighted by molar-refractivity contribution is 6.39. The zero-order valence-corrected chi connectivity index (χ0v) is 18.3. The number of imide groups is 2. The molecule has 0 aliphatic carbocycles. The van der Waals surface area contributed by atoms with Crippen LogP contribution in [0.15, 0.2) is 64.6 Å². The Balaban J connectivity index is 1.63. The molecule has 1 saturated heterocycles. The van der Waals surface area contributed by atoms with Gasteiger partial charge in [-0.3, -0.25) is 14.9 Å². The lowest BCUT2D eigenvalue weighted by atomic mass is 10.1. The first-order valence-electron chi connectivity index (χ1n) is 9.74. The number of nitrogens with zero attached hydrogens (tertiary/aromatic N) is 1. The first-order valence-corrected chi connectivity index (χ1v) is 10.1. The molecule has 3 aromatic rings. The number of furan rings is 1. The van der Waals surface area contributed by atoms with Crippen LogP contribution in [-0.4, -0.2) is 30.9 Å². The van der Waals surface area contributed by atoms with Crippen molar-refractivity contribution in [3.8, 4) is 11.3 Å². The van der Waals surface area contributed by atoms with Crippen molar-refractivity contribution in [2.45, 2.75) is 6.92 Å². The van der Waals surface area contributed by atoms with Gasteiger partial charge in [0.05, 0.1) is 18.4 Å². The summed E-state index contributed by atoms with van der Waals surface area (Å²) in [5, 5.41) is 2.53. The summed E-state index contributed by atoms with van der Waals surface area (Å²) in [7, 11) is 1.30. The van der Waals surface area contributed by atoms with E-state index >= 15 is 0 Å². The number of nitrogens with one attached hydrogen (secondary N) is 1. The number of esters is 1. The first kappa shape index (κ1) is 22.0. The number of carbonyl (C=O) groups excluding carboxylic acids is 4. The standard InChI is InChI=1S/C24H17ClN2O6/c1-13-3-8-16(11-19(13)25)27-22(29)18(21(28)26-24(27)31)12-17-9-10-20(33-17)14-4-6-15(7-5-14)23(30)32-2/h3-12H,1-2H3,(H,26,28,31)/b18-12-. The molecule has 2 aromatic carbocycles. The van der Waals surface area contributed by atoms with Gasteiger partial charge in [0, 0.05) is 10.6 Å². The van der Waals surface area contributed by atoms with Crippen LogP contribution in [0.25, 0.3) is 17.4 Å². The second kappa shape index (κ2) is 8.76. The van der Waals surface area contributed by atoms with Crippen LogP contribution in [-0.2, 0) is 14.3 Å². The van der Waals surface area contributed by atoms with E-state index in [1.54, 1.807) is 55.5 Å². The molecule has 8 nitrogen and oxygen atoms in total. The fraction of sp³-hybridized carbons (Fsp3) is 0.0833. The number of halogens is 1. The number of benzene rings is 2. The Morgan fingerprint density at radius 1 is 1.06 bits per heavy atom. The molecule has 166 valence electrons. The van der Waals surface area contributed by atoms with Gasteiger partial charge in [-0.2, -0.15) is 0 Å². The normalized spacial score (nSPS) is 15.1. The van der Waals surface area contributed by atoms with Crippen molar-refractivity contribution in [3.63, 3.8) is 0 Å². The second-order valence-corrected chi connectivity index (χ2v) is 7.57. The van der Waals surface area contributed by atoms with E-state index in [-0.39, 0.29) is 17.0 Å². The maximum Gasteiger partial charge on any atom is 0.337 e. The maximum absolute atomic E-state index is 13.0. The molecule has 0 atom stereocenters. The molecule has 9 heteroatoms. The SMILES string of the molecule is COC(=O)c1ccc(-c2ccc(/C=C3/C(=O)NC(=O)N(c4ccc(C)c(Cl)c4)C3=O)o2)cc1. The third kappa shape index (κ3) is 4.28. The van der Waals surface area contributed by atoms with Crippen LogP contribution < -0.4 is 10.2 Å². The topological polar surface area (TPSA) is 106 Å². The number of carbonyl (C=O) groups is 4. The molecule has 1 N–H and O–H groups in total. The summed E-state index contributed by atoms with van der Waals surface area (Å²) in [5.74, 6) is -1.40. The summed E-state index contributed by atoms with van der Waals surface area (Å²) >= 11 is 6.13. The van der Waals surface area contributed by atoms with Gasteiger partial charge < -0.3 is 9.15 Å². The van der Waals surface area contributed by atoms with E-state index in [2.05, 4.69) is 10.1 Å². The number of urea groups is 1. The van der Waals surface area contributed by atoms with Gasteiger partial charge in [0.2, 0.25) is 0 Å². The molecule has 0 saturated carbocycles. The average Bonchev–Trinajstić information content (AvgIpc) is 3.27. The fourth-order valence-corrected chi connectivity index (χ4v) is 3.40. The molecule has 1 aliphatic heterocycles. The summed E-state index contributed by atoms with van der Waals surface area (Å²) < 4.78 is 10.4. The minimum atomic E-state index is -0.868. The molecule has 1 aliphatic rings. The van der Waals surface area contributed by atoms with Crippen molar-refractivity contribution in [3.05, 3.63) is 82.1 Å². The molecule has 4 rings (SSSR count). The van der Waals surface area contributed by atoms with E-state index in [1.807, 2.05) is 0 Å². The number of aryl methyl sites for hydroxylation is 1. The van der Waals surface area contributed by atoms with E-state index in [0.29, 0.717) is 21.9 Å². The molecule has 0 unspecified atom stereocenters. The van der Waals surface area contributed by atoms with Gasteiger partial charge in [-0.15, -0.1) is 0 Å². The lowest BCUT2D eigenvalue weighted by molar-refractivity contribution is -0.122. The molecule has 1 aromatic heterocycles. The smallest absolute Gasteiger partial charge is 0.337 e. The van der Waals surface area contributed by atoms with Crippen LogP contribution in [0.1, 0.15) is 21.7 Å². The summed E-state index contributed by atoms with van der Waals surface area (Å²) in [6, 6.07) is 13.6. The van der Waals surface area contributed by atoms with Crippen LogP contribution in [0, 0.1) is 6.92 Å². The first-order chi connectivity index (χ1) is 15.8. The summed E-state index contributed by atoms with van der Waals surface area (Å²) in [4.78, 5) is 50.1. The van der Waals surface area contributed by atoms with Crippen molar-refractivity contribution in [2.75, 3.05) is 12.0 Å². The minimum Gasteiger partial charge on any atom is -0.465 e. The highest BCUT2D eigenvalue weighted by Crippen LogP contribution is 2.28. The quantitative estimate of drug-likeness (QED) is 0.349. The van der Waals surface area contributed by atoms with E-state index in [0.717, 1.165) is 10.5 Å². The molecule has 0 radical (unpaired) electrons. The van der Waals surface area contributed by atoms with Crippen molar-refractivity contribution >= 4 is 47.2 Å². The van der Waals surface area contributed by atoms with Crippen molar-refractivity contribution in [2.24, 2.45) is 0 Å². The second-order valence-electron chi connectivity index (χ2n) is 7.16. The third-order valence-corrected chi connectivity index (χ3v) is 5.43. The summed E-state index contributed by atoms with van der Waals surface area (Å²) in [6.45, 7) is 1.79. The summed E-state index contributed by atoms with van der Waals surface area (Å²) in [6.07, 6.45) is 1.26. The van der Waals surface area contributed by atoms with Crippen LogP contribution in [0.5, 0.6) is 0 Å². The zero-order valence-electron chi connectivity index (χ0n) is 17.5. The highest BCUT2D eigenvalue weighted by atomic mass is 35.5. The summed E-state index contributed by atoms with van der Waals surface area (Å²) in [5.41, 5.74) is 1.81. The van der Waals surface area contributed by atoms with E-state index in [1.165, 1.54) is 19.3 Å². The van der Waals surface area contributed by atoms with Crippen molar-refractivity contribution in [1.82, 2.24) is 5.32 Å². The lowest BCUT2D eigenvalue weighted by Crippen LogP contribution is -2.54. The molecule has 0 spiro atoms. The Bertz CT molecular complexity index is 1320. The van der Waals surface area contributed by atoms with Gasteiger partial charge in [-0.05, 0) is 55.0 Å². The number of anilines is 1. The van der Waals surface area contributed by atoms with Gasteiger partial charge >= 0.3 is 12.0 Å². The Labute approximate surface area is 193 Å². The number of rotatable bonds is 4. The Morgan fingerprint density at radius 2 is 1.79 bits per heavy atom. The predicted molar refractivity (Wildman–Crippen MR) is 121 cm³/mol. The van der Waals surface area contributed by atoms with Crippen LogP contribution in [0.3, 0.4) is 0 Å². The molecule has 1 fully saturated rings. The van der Waals surface area contributed by atoms with Crippen molar-refractivity contribution in [1.29, 1.82) is 0 Å². The zero-order chi connectivity index (χ0) is 23.7. The van der Waals surface area contributed by atoms with Gasteiger partial charge in [0.25, 0.3) is 11.8 Å². The largest absolute Gasteiger partial charge is 0.465 e. The maximum atomic E-state index is 13.0. The molecule has 0 bridgehead atoms. The monoisotopic (exact) mass is 464 g/mol. The van der Waals surface area contributed by atoms with E-state index < -0.39 is 23.8 Å². The average molecular weight is 465 g/mol. The highest BCUT2D eigenvalue weighted by Gasteiger charge is 2.37. The number of ether oxygens (including phenoxy) is 1. The molecule has 2 heterocycles. The van der Waals surface area contributed by atoms with Crippen LogP contribution >= 0.6 is 11.6 Å².